The Labute approximate surface area is 109 Å². The summed E-state index contributed by atoms with van der Waals surface area (Å²) in [6.07, 6.45) is 4.04. The van der Waals surface area contributed by atoms with Crippen LogP contribution in [0.5, 0.6) is 5.75 Å². The van der Waals surface area contributed by atoms with Crippen LogP contribution in [-0.2, 0) is 0 Å². The summed E-state index contributed by atoms with van der Waals surface area (Å²) in [5, 5.41) is 9.81. The number of carbonyl (C=O) groups excluding carboxylic acids is 1. The van der Waals surface area contributed by atoms with E-state index in [1.165, 1.54) is 0 Å². The molecule has 17 heavy (non-hydrogen) atoms. The standard InChI is InChI=1S/C13H15BrO3/c14-11-6-5-10(7-9(11)8-15)17-13-4-2-1-3-12(13)16/h5-8,12-13,16H,1-4H2. The van der Waals surface area contributed by atoms with Gasteiger partial charge in [-0.15, -0.1) is 0 Å². The summed E-state index contributed by atoms with van der Waals surface area (Å²) < 4.78 is 6.49. The normalized spacial score (nSPS) is 24.4. The van der Waals surface area contributed by atoms with Crippen LogP contribution in [0.1, 0.15) is 36.0 Å². The van der Waals surface area contributed by atoms with Gasteiger partial charge in [0.15, 0.2) is 6.29 Å². The summed E-state index contributed by atoms with van der Waals surface area (Å²) in [6, 6.07) is 5.28. The van der Waals surface area contributed by atoms with Crippen LogP contribution in [0, 0.1) is 0 Å². The Kier molecular flexibility index (Phi) is 4.18. The number of carbonyl (C=O) groups is 1. The molecule has 1 N–H and O–H groups in total. The van der Waals surface area contributed by atoms with Gasteiger partial charge >= 0.3 is 0 Å². The Morgan fingerprint density at radius 3 is 2.82 bits per heavy atom. The molecule has 0 radical (unpaired) electrons. The molecular weight excluding hydrogens is 284 g/mol. The molecule has 3 nitrogen and oxygen atoms in total. The van der Waals surface area contributed by atoms with Gasteiger partial charge in [-0.05, 0) is 37.5 Å². The zero-order chi connectivity index (χ0) is 12.3. The first-order chi connectivity index (χ1) is 8.20. The quantitative estimate of drug-likeness (QED) is 0.873. The number of ether oxygens (including phenoxy) is 1. The third kappa shape index (κ3) is 3.07. The van der Waals surface area contributed by atoms with Crippen molar-refractivity contribution in [2.75, 3.05) is 0 Å². The zero-order valence-electron chi connectivity index (χ0n) is 9.43. The number of aliphatic hydroxyl groups is 1. The van der Waals surface area contributed by atoms with E-state index in [0.29, 0.717) is 11.3 Å². The molecule has 0 aliphatic heterocycles. The molecule has 1 aromatic rings. The summed E-state index contributed by atoms with van der Waals surface area (Å²) >= 11 is 3.29. The predicted molar refractivity (Wildman–Crippen MR) is 68.4 cm³/mol. The van der Waals surface area contributed by atoms with Crippen LogP contribution in [0.3, 0.4) is 0 Å². The largest absolute Gasteiger partial charge is 0.488 e. The van der Waals surface area contributed by atoms with Crippen molar-refractivity contribution < 1.29 is 14.6 Å². The summed E-state index contributed by atoms with van der Waals surface area (Å²) in [7, 11) is 0. The molecule has 1 aliphatic rings. The summed E-state index contributed by atoms with van der Waals surface area (Å²) in [5.74, 6) is 0.640. The highest BCUT2D eigenvalue weighted by molar-refractivity contribution is 9.10. The highest BCUT2D eigenvalue weighted by Crippen LogP contribution is 2.26. The molecule has 0 heterocycles. The Morgan fingerprint density at radius 2 is 2.12 bits per heavy atom. The number of hydrogen-bond donors (Lipinski definition) is 1. The fraction of sp³-hybridized carbons (Fsp3) is 0.462. The molecule has 1 aliphatic carbocycles. The molecule has 1 saturated carbocycles. The maximum absolute atomic E-state index is 10.8. The molecule has 2 atom stereocenters. The summed E-state index contributed by atoms with van der Waals surface area (Å²) in [5.41, 5.74) is 0.563. The van der Waals surface area contributed by atoms with Gasteiger partial charge in [0.2, 0.25) is 0 Å². The fourth-order valence-corrected chi connectivity index (χ4v) is 2.42. The molecule has 0 bridgehead atoms. The smallest absolute Gasteiger partial charge is 0.151 e. The Hall–Kier alpha value is -0.870. The zero-order valence-corrected chi connectivity index (χ0v) is 11.0. The third-order valence-corrected chi connectivity index (χ3v) is 3.77. The van der Waals surface area contributed by atoms with E-state index in [9.17, 15) is 9.90 Å². The van der Waals surface area contributed by atoms with E-state index in [2.05, 4.69) is 15.9 Å². The predicted octanol–water partition coefficient (Wildman–Crippen LogP) is 2.94. The third-order valence-electron chi connectivity index (χ3n) is 3.05. The Bertz CT molecular complexity index is 406. The molecule has 1 aromatic carbocycles. The maximum atomic E-state index is 10.8. The van der Waals surface area contributed by atoms with Gasteiger partial charge in [0.05, 0.1) is 6.10 Å². The van der Waals surface area contributed by atoms with Crippen molar-refractivity contribution >= 4 is 22.2 Å². The SMILES string of the molecule is O=Cc1cc(OC2CCCCC2O)ccc1Br. The van der Waals surface area contributed by atoms with Crippen molar-refractivity contribution in [2.45, 2.75) is 37.9 Å². The number of rotatable bonds is 3. The second-order valence-corrected chi connectivity index (χ2v) is 5.16. The number of aliphatic hydroxyl groups excluding tert-OH is 1. The number of aldehydes is 1. The average Bonchev–Trinajstić information content (AvgIpc) is 2.34. The van der Waals surface area contributed by atoms with Gasteiger partial charge in [-0.3, -0.25) is 4.79 Å². The van der Waals surface area contributed by atoms with E-state index in [0.717, 1.165) is 36.4 Å². The lowest BCUT2D eigenvalue weighted by Crippen LogP contribution is -2.34. The first kappa shape index (κ1) is 12.6. The molecule has 2 rings (SSSR count). The van der Waals surface area contributed by atoms with Crippen LogP contribution in [0.2, 0.25) is 0 Å². The minimum absolute atomic E-state index is 0.149. The molecule has 1 fully saturated rings. The van der Waals surface area contributed by atoms with Crippen molar-refractivity contribution in [3.8, 4) is 5.75 Å². The van der Waals surface area contributed by atoms with Crippen LogP contribution in [0.25, 0.3) is 0 Å². The highest BCUT2D eigenvalue weighted by Gasteiger charge is 2.24. The monoisotopic (exact) mass is 298 g/mol. The van der Waals surface area contributed by atoms with Gasteiger partial charge in [-0.2, -0.15) is 0 Å². The molecule has 4 heteroatoms. The van der Waals surface area contributed by atoms with Crippen molar-refractivity contribution in [3.63, 3.8) is 0 Å². The van der Waals surface area contributed by atoms with Crippen LogP contribution >= 0.6 is 15.9 Å². The maximum Gasteiger partial charge on any atom is 0.151 e. The van der Waals surface area contributed by atoms with Crippen LogP contribution < -0.4 is 4.74 Å². The number of hydrogen-bond acceptors (Lipinski definition) is 3. The highest BCUT2D eigenvalue weighted by atomic mass is 79.9. The van der Waals surface area contributed by atoms with E-state index >= 15 is 0 Å². The molecule has 0 aromatic heterocycles. The van der Waals surface area contributed by atoms with Crippen LogP contribution in [0.4, 0.5) is 0 Å². The second kappa shape index (κ2) is 5.65. The lowest BCUT2D eigenvalue weighted by molar-refractivity contribution is 0.00685. The van der Waals surface area contributed by atoms with Crippen molar-refractivity contribution in [2.24, 2.45) is 0 Å². The van der Waals surface area contributed by atoms with Gasteiger partial charge in [-0.25, -0.2) is 0 Å². The van der Waals surface area contributed by atoms with Crippen molar-refractivity contribution in [1.29, 1.82) is 0 Å². The Balaban J connectivity index is 2.09. The van der Waals surface area contributed by atoms with E-state index in [1.54, 1.807) is 18.2 Å². The van der Waals surface area contributed by atoms with E-state index in [-0.39, 0.29) is 6.10 Å². The van der Waals surface area contributed by atoms with Gasteiger partial charge in [0.1, 0.15) is 11.9 Å². The summed E-state index contributed by atoms with van der Waals surface area (Å²) in [4.78, 5) is 10.8. The van der Waals surface area contributed by atoms with E-state index < -0.39 is 6.10 Å². The lowest BCUT2D eigenvalue weighted by atomic mass is 9.95. The molecular formula is C13H15BrO3. The lowest BCUT2D eigenvalue weighted by Gasteiger charge is -2.28. The van der Waals surface area contributed by atoms with E-state index in [4.69, 9.17) is 4.74 Å². The van der Waals surface area contributed by atoms with Crippen LogP contribution in [-0.4, -0.2) is 23.6 Å². The van der Waals surface area contributed by atoms with Gasteiger partial charge in [0.25, 0.3) is 0 Å². The minimum atomic E-state index is -0.396. The first-order valence-electron chi connectivity index (χ1n) is 5.80. The van der Waals surface area contributed by atoms with Crippen LogP contribution in [0.15, 0.2) is 22.7 Å². The summed E-state index contributed by atoms with van der Waals surface area (Å²) in [6.45, 7) is 0. The van der Waals surface area contributed by atoms with Gasteiger partial charge in [0, 0.05) is 10.0 Å². The Morgan fingerprint density at radius 1 is 1.35 bits per heavy atom. The fourth-order valence-electron chi connectivity index (χ4n) is 2.07. The van der Waals surface area contributed by atoms with Crippen molar-refractivity contribution in [1.82, 2.24) is 0 Å². The molecule has 0 saturated heterocycles. The molecule has 0 amide bonds. The molecule has 92 valence electrons. The minimum Gasteiger partial charge on any atom is -0.488 e. The first-order valence-corrected chi connectivity index (χ1v) is 6.59. The molecule has 0 spiro atoms. The van der Waals surface area contributed by atoms with E-state index in [1.807, 2.05) is 0 Å². The van der Waals surface area contributed by atoms with Crippen molar-refractivity contribution in [3.05, 3.63) is 28.2 Å². The second-order valence-electron chi connectivity index (χ2n) is 4.31. The average molecular weight is 299 g/mol. The van der Waals surface area contributed by atoms with Gasteiger partial charge < -0.3 is 9.84 Å². The number of benzene rings is 1. The number of halogens is 1. The van der Waals surface area contributed by atoms with Gasteiger partial charge in [-0.1, -0.05) is 22.4 Å². The topological polar surface area (TPSA) is 46.5 Å². The molecule has 2 unspecified atom stereocenters.